The molecule has 0 unspecified atom stereocenters. The summed E-state index contributed by atoms with van der Waals surface area (Å²) >= 11 is 0. The second-order valence-electron chi connectivity index (χ2n) is 7.30. The lowest BCUT2D eigenvalue weighted by molar-refractivity contribution is -0.385. The zero-order chi connectivity index (χ0) is 23.3. The second kappa shape index (κ2) is 9.95. The molecule has 1 heterocycles. The van der Waals surface area contributed by atoms with Crippen LogP contribution in [0, 0.1) is 24.0 Å². The molecule has 3 aromatic rings. The molecule has 0 aliphatic carbocycles. The maximum absolute atomic E-state index is 12.8. The number of hydrogen-bond donors (Lipinski definition) is 1. The molecule has 1 amide bonds. The highest BCUT2D eigenvalue weighted by Crippen LogP contribution is 2.34. The van der Waals surface area contributed by atoms with Crippen LogP contribution in [0.2, 0.25) is 0 Å². The molecular weight excluding hydrogens is 412 g/mol. The van der Waals surface area contributed by atoms with Crippen LogP contribution in [0.1, 0.15) is 39.8 Å². The molecule has 0 bridgehead atoms. The number of rotatable bonds is 9. The number of nitro benzene ring substituents is 1. The Bertz CT molecular complexity index is 1140. The Morgan fingerprint density at radius 1 is 1.16 bits per heavy atom. The summed E-state index contributed by atoms with van der Waals surface area (Å²) in [5.74, 6) is -0.0890. The summed E-state index contributed by atoms with van der Waals surface area (Å²) < 4.78 is 12.5. The lowest BCUT2D eigenvalue weighted by Crippen LogP contribution is -2.24. The molecule has 0 aliphatic heterocycles. The summed E-state index contributed by atoms with van der Waals surface area (Å²) in [4.78, 5) is 23.7. The fraction of sp³-hybridized carbons (Fsp3) is 0.304. The van der Waals surface area contributed by atoms with Crippen LogP contribution in [0.25, 0.3) is 0 Å². The van der Waals surface area contributed by atoms with Crippen LogP contribution in [0.15, 0.2) is 42.5 Å². The third-order valence-corrected chi connectivity index (χ3v) is 4.90. The number of ether oxygens (including phenoxy) is 2. The lowest BCUT2D eigenvalue weighted by Gasteiger charge is -2.12. The fourth-order valence-corrected chi connectivity index (χ4v) is 3.43. The summed E-state index contributed by atoms with van der Waals surface area (Å²) in [6.07, 6.45) is 0. The number of aromatic nitrogens is 2. The molecule has 0 saturated heterocycles. The molecule has 2 aromatic carbocycles. The average Bonchev–Trinajstić information content (AvgIpc) is 3.08. The van der Waals surface area contributed by atoms with Gasteiger partial charge in [0.2, 0.25) is 0 Å². The van der Waals surface area contributed by atoms with Crippen LogP contribution in [-0.2, 0) is 13.1 Å². The molecule has 3 rings (SSSR count). The molecule has 1 aromatic heterocycles. The number of methoxy groups -OCH3 is 1. The Labute approximate surface area is 186 Å². The summed E-state index contributed by atoms with van der Waals surface area (Å²) in [7, 11) is 1.39. The number of nitrogens with zero attached hydrogens (tertiary/aromatic N) is 3. The van der Waals surface area contributed by atoms with Gasteiger partial charge in [0.25, 0.3) is 11.6 Å². The molecule has 0 fully saturated rings. The molecular formula is C23H26N4O5. The number of amides is 1. The van der Waals surface area contributed by atoms with E-state index in [1.165, 1.54) is 19.2 Å². The van der Waals surface area contributed by atoms with Crippen LogP contribution in [-0.4, -0.2) is 34.3 Å². The van der Waals surface area contributed by atoms with E-state index in [0.29, 0.717) is 13.2 Å². The predicted octanol–water partition coefficient (Wildman–Crippen LogP) is 3.79. The van der Waals surface area contributed by atoms with E-state index >= 15 is 0 Å². The first kappa shape index (κ1) is 22.8. The van der Waals surface area contributed by atoms with Crippen molar-refractivity contribution < 1.29 is 19.2 Å². The van der Waals surface area contributed by atoms with E-state index in [1.807, 2.05) is 48.9 Å². The highest BCUT2D eigenvalue weighted by Gasteiger charge is 2.24. The Morgan fingerprint density at radius 2 is 1.91 bits per heavy atom. The Kier molecular flexibility index (Phi) is 7.09. The van der Waals surface area contributed by atoms with Gasteiger partial charge in [-0.2, -0.15) is 5.10 Å². The molecule has 0 spiro atoms. The van der Waals surface area contributed by atoms with Gasteiger partial charge in [-0.3, -0.25) is 19.6 Å². The van der Waals surface area contributed by atoms with Gasteiger partial charge in [0.1, 0.15) is 5.56 Å². The SMILES string of the molecule is CCOc1cc(C(=O)NCc2cccc(Cn3nc(C)cc3C)c2)c([N+](=O)[O-])cc1OC. The van der Waals surface area contributed by atoms with Crippen molar-refractivity contribution in [2.24, 2.45) is 0 Å². The fourth-order valence-electron chi connectivity index (χ4n) is 3.43. The van der Waals surface area contributed by atoms with Gasteiger partial charge in [-0.1, -0.05) is 24.3 Å². The van der Waals surface area contributed by atoms with Crippen molar-refractivity contribution in [3.8, 4) is 11.5 Å². The molecule has 1 N–H and O–H groups in total. The summed E-state index contributed by atoms with van der Waals surface area (Å²) in [6, 6.07) is 12.3. The third kappa shape index (κ3) is 5.23. The topological polar surface area (TPSA) is 109 Å². The molecule has 0 atom stereocenters. The van der Waals surface area contributed by atoms with Crippen LogP contribution >= 0.6 is 0 Å². The number of nitrogens with one attached hydrogen (secondary N) is 1. The normalized spacial score (nSPS) is 10.6. The van der Waals surface area contributed by atoms with Crippen molar-refractivity contribution in [3.05, 3.63) is 80.7 Å². The summed E-state index contributed by atoms with van der Waals surface area (Å²) in [6.45, 7) is 6.89. The monoisotopic (exact) mass is 438 g/mol. The molecule has 9 heteroatoms. The van der Waals surface area contributed by atoms with Crippen LogP contribution in [0.3, 0.4) is 0 Å². The van der Waals surface area contributed by atoms with E-state index in [-0.39, 0.29) is 29.3 Å². The first-order valence-corrected chi connectivity index (χ1v) is 10.2. The highest BCUT2D eigenvalue weighted by atomic mass is 16.6. The Morgan fingerprint density at radius 3 is 2.53 bits per heavy atom. The highest BCUT2D eigenvalue weighted by molar-refractivity contribution is 5.99. The average molecular weight is 438 g/mol. The lowest BCUT2D eigenvalue weighted by atomic mass is 10.1. The molecule has 0 radical (unpaired) electrons. The number of aryl methyl sites for hydroxylation is 2. The van der Waals surface area contributed by atoms with Gasteiger partial charge in [0.05, 0.1) is 36.9 Å². The molecule has 9 nitrogen and oxygen atoms in total. The largest absolute Gasteiger partial charge is 0.493 e. The van der Waals surface area contributed by atoms with Gasteiger partial charge in [0, 0.05) is 18.3 Å². The minimum absolute atomic E-state index is 0.0851. The number of carbonyl (C=O) groups excluding carboxylic acids is 1. The van der Waals surface area contributed by atoms with Gasteiger partial charge >= 0.3 is 0 Å². The van der Waals surface area contributed by atoms with Gasteiger partial charge in [-0.15, -0.1) is 0 Å². The van der Waals surface area contributed by atoms with E-state index < -0.39 is 10.8 Å². The van der Waals surface area contributed by atoms with Crippen molar-refractivity contribution in [1.82, 2.24) is 15.1 Å². The van der Waals surface area contributed by atoms with Gasteiger partial charge in [0.15, 0.2) is 11.5 Å². The molecule has 168 valence electrons. The molecule has 0 saturated carbocycles. The molecule has 0 aliphatic rings. The van der Waals surface area contributed by atoms with Gasteiger partial charge < -0.3 is 14.8 Å². The first-order chi connectivity index (χ1) is 15.3. The third-order valence-electron chi connectivity index (χ3n) is 4.90. The minimum Gasteiger partial charge on any atom is -0.493 e. The zero-order valence-corrected chi connectivity index (χ0v) is 18.5. The number of hydrogen-bond acceptors (Lipinski definition) is 6. The van der Waals surface area contributed by atoms with Crippen molar-refractivity contribution in [2.75, 3.05) is 13.7 Å². The number of benzene rings is 2. The van der Waals surface area contributed by atoms with E-state index in [9.17, 15) is 14.9 Å². The van der Waals surface area contributed by atoms with Crippen molar-refractivity contribution in [2.45, 2.75) is 33.9 Å². The van der Waals surface area contributed by atoms with Gasteiger partial charge in [-0.05, 0) is 38.0 Å². The molecule has 32 heavy (non-hydrogen) atoms. The van der Waals surface area contributed by atoms with Crippen molar-refractivity contribution in [1.29, 1.82) is 0 Å². The van der Waals surface area contributed by atoms with Crippen molar-refractivity contribution >= 4 is 11.6 Å². The summed E-state index contributed by atoms with van der Waals surface area (Å²) in [5, 5.41) is 18.7. The van der Waals surface area contributed by atoms with Crippen LogP contribution < -0.4 is 14.8 Å². The maximum Gasteiger partial charge on any atom is 0.286 e. The number of carbonyl (C=O) groups is 1. The standard InChI is InChI=1S/C23H26N4O5/c1-5-32-22-11-19(20(27(29)30)12-21(22)31-4)23(28)24-13-17-7-6-8-18(10-17)14-26-16(3)9-15(2)25-26/h6-12H,5,13-14H2,1-4H3,(H,24,28). The van der Waals surface area contributed by atoms with E-state index in [2.05, 4.69) is 10.4 Å². The number of nitro groups is 1. The first-order valence-electron chi connectivity index (χ1n) is 10.2. The Balaban J connectivity index is 1.77. The van der Waals surface area contributed by atoms with Crippen molar-refractivity contribution in [3.63, 3.8) is 0 Å². The van der Waals surface area contributed by atoms with E-state index in [4.69, 9.17) is 9.47 Å². The zero-order valence-electron chi connectivity index (χ0n) is 18.5. The van der Waals surface area contributed by atoms with Crippen LogP contribution in [0.5, 0.6) is 11.5 Å². The van der Waals surface area contributed by atoms with E-state index in [1.54, 1.807) is 6.92 Å². The maximum atomic E-state index is 12.8. The summed E-state index contributed by atoms with van der Waals surface area (Å²) in [5.41, 5.74) is 3.51. The quantitative estimate of drug-likeness (QED) is 0.402. The predicted molar refractivity (Wildman–Crippen MR) is 119 cm³/mol. The smallest absolute Gasteiger partial charge is 0.286 e. The Hall–Kier alpha value is -3.88. The van der Waals surface area contributed by atoms with E-state index in [0.717, 1.165) is 22.5 Å². The second-order valence-corrected chi connectivity index (χ2v) is 7.30. The van der Waals surface area contributed by atoms with Gasteiger partial charge in [-0.25, -0.2) is 0 Å². The van der Waals surface area contributed by atoms with Crippen LogP contribution in [0.4, 0.5) is 5.69 Å². The minimum atomic E-state index is -0.609.